The number of amides is 1. The van der Waals surface area contributed by atoms with Gasteiger partial charge in [-0.3, -0.25) is 4.79 Å². The number of fused-ring (bicyclic) bond motifs is 1. The molecule has 1 heterocycles. The van der Waals surface area contributed by atoms with E-state index in [1.165, 1.54) is 6.07 Å². The summed E-state index contributed by atoms with van der Waals surface area (Å²) in [5, 5.41) is 12.3. The van der Waals surface area contributed by atoms with E-state index >= 15 is 0 Å². The van der Waals surface area contributed by atoms with Crippen LogP contribution in [0.1, 0.15) is 37.8 Å². The van der Waals surface area contributed by atoms with Gasteiger partial charge in [0.2, 0.25) is 0 Å². The number of nitrogens with one attached hydrogen (secondary N) is 1. The Bertz CT molecular complexity index is 870. The zero-order valence-corrected chi connectivity index (χ0v) is 15.1. The average molecular weight is 361 g/mol. The van der Waals surface area contributed by atoms with Gasteiger partial charge >= 0.3 is 11.6 Å². The van der Waals surface area contributed by atoms with Crippen molar-refractivity contribution in [1.29, 1.82) is 0 Å². The predicted octanol–water partition coefficient (Wildman–Crippen LogP) is 2.41. The number of carbonyl (C=O) groups excluding carboxylic acids is 1. The number of carbonyl (C=O) groups is 2. The van der Waals surface area contributed by atoms with Gasteiger partial charge in [-0.15, -0.1) is 0 Å². The van der Waals surface area contributed by atoms with Crippen LogP contribution in [-0.4, -0.2) is 29.6 Å². The van der Waals surface area contributed by atoms with E-state index in [9.17, 15) is 14.4 Å². The molecule has 7 nitrogen and oxygen atoms in total. The van der Waals surface area contributed by atoms with Gasteiger partial charge in [0, 0.05) is 17.5 Å². The third kappa shape index (κ3) is 4.62. The fraction of sp³-hybridized carbons (Fsp3) is 0.421. The van der Waals surface area contributed by atoms with Crippen molar-refractivity contribution in [2.45, 2.75) is 46.1 Å². The third-order valence-electron chi connectivity index (χ3n) is 4.08. The molecule has 0 unspecified atom stereocenters. The molecule has 0 fully saturated rings. The summed E-state index contributed by atoms with van der Waals surface area (Å²) in [4.78, 5) is 34.7. The predicted molar refractivity (Wildman–Crippen MR) is 96.6 cm³/mol. The molecule has 26 heavy (non-hydrogen) atoms. The summed E-state index contributed by atoms with van der Waals surface area (Å²) in [6.07, 6.45) is 1.65. The molecule has 2 rings (SSSR count). The standard InChI is InChI=1S/C19H23NO6/c1-4-6-14(19(23)24)20-17(21)10-25-15-9-16-13(8-12(15)5-2)11(3)7-18(22)26-16/h7-9,14H,4-6,10H2,1-3H3,(H,20,21)(H,23,24)/t14-/m1/s1. The molecule has 0 aliphatic rings. The number of aliphatic carboxylic acids is 1. The fourth-order valence-corrected chi connectivity index (χ4v) is 2.73. The molecule has 0 aliphatic heterocycles. The maximum absolute atomic E-state index is 12.0. The first-order valence-electron chi connectivity index (χ1n) is 8.58. The van der Waals surface area contributed by atoms with E-state index in [0.717, 1.165) is 16.5 Å². The second kappa shape index (κ2) is 8.51. The summed E-state index contributed by atoms with van der Waals surface area (Å²) >= 11 is 0. The fourth-order valence-electron chi connectivity index (χ4n) is 2.73. The first kappa shape index (κ1) is 19.5. The van der Waals surface area contributed by atoms with Crippen LogP contribution in [-0.2, 0) is 16.0 Å². The van der Waals surface area contributed by atoms with Gasteiger partial charge in [0.25, 0.3) is 5.91 Å². The monoisotopic (exact) mass is 361 g/mol. The zero-order chi connectivity index (χ0) is 19.3. The lowest BCUT2D eigenvalue weighted by Gasteiger charge is -2.15. The van der Waals surface area contributed by atoms with Crippen molar-refractivity contribution < 1.29 is 23.8 Å². The van der Waals surface area contributed by atoms with Gasteiger partial charge in [0.1, 0.15) is 17.4 Å². The maximum Gasteiger partial charge on any atom is 0.336 e. The second-order valence-electron chi connectivity index (χ2n) is 6.09. The van der Waals surface area contributed by atoms with Crippen molar-refractivity contribution >= 4 is 22.8 Å². The molecule has 7 heteroatoms. The highest BCUT2D eigenvalue weighted by Gasteiger charge is 2.19. The zero-order valence-electron chi connectivity index (χ0n) is 15.1. The van der Waals surface area contributed by atoms with Crippen LogP contribution in [0, 0.1) is 6.92 Å². The van der Waals surface area contributed by atoms with Crippen LogP contribution in [0.3, 0.4) is 0 Å². The van der Waals surface area contributed by atoms with E-state index in [1.54, 1.807) is 6.07 Å². The summed E-state index contributed by atoms with van der Waals surface area (Å²) < 4.78 is 10.8. The van der Waals surface area contributed by atoms with Crippen LogP contribution in [0.25, 0.3) is 11.0 Å². The molecular formula is C19H23NO6. The third-order valence-corrected chi connectivity index (χ3v) is 4.08. The molecular weight excluding hydrogens is 338 g/mol. The molecule has 1 aromatic heterocycles. The molecule has 140 valence electrons. The van der Waals surface area contributed by atoms with E-state index in [-0.39, 0.29) is 6.61 Å². The largest absolute Gasteiger partial charge is 0.483 e. The number of hydrogen-bond donors (Lipinski definition) is 2. The quantitative estimate of drug-likeness (QED) is 0.700. The minimum absolute atomic E-state index is 0.317. The molecule has 0 radical (unpaired) electrons. The molecule has 1 amide bonds. The first-order valence-corrected chi connectivity index (χ1v) is 8.58. The number of rotatable bonds is 8. The lowest BCUT2D eigenvalue weighted by atomic mass is 10.1. The molecule has 0 aliphatic carbocycles. The summed E-state index contributed by atoms with van der Waals surface area (Å²) in [6, 6.07) is 3.96. The minimum Gasteiger partial charge on any atom is -0.483 e. The van der Waals surface area contributed by atoms with Crippen LogP contribution < -0.4 is 15.7 Å². The van der Waals surface area contributed by atoms with Gasteiger partial charge in [0.15, 0.2) is 6.61 Å². The Morgan fingerprint density at radius 1 is 1.27 bits per heavy atom. The summed E-state index contributed by atoms with van der Waals surface area (Å²) in [5.74, 6) is -1.15. The van der Waals surface area contributed by atoms with Crippen molar-refractivity contribution in [2.24, 2.45) is 0 Å². The molecule has 0 spiro atoms. The van der Waals surface area contributed by atoms with Crippen molar-refractivity contribution in [3.8, 4) is 5.75 Å². The normalized spacial score (nSPS) is 12.0. The highest BCUT2D eigenvalue weighted by Crippen LogP contribution is 2.27. The smallest absolute Gasteiger partial charge is 0.336 e. The molecule has 0 saturated heterocycles. The average Bonchev–Trinajstić information content (AvgIpc) is 2.58. The Morgan fingerprint density at radius 3 is 2.62 bits per heavy atom. The van der Waals surface area contributed by atoms with E-state index < -0.39 is 23.5 Å². The SMILES string of the molecule is CCC[C@@H](NC(=O)COc1cc2oc(=O)cc(C)c2cc1CC)C(=O)O. The van der Waals surface area contributed by atoms with Gasteiger partial charge < -0.3 is 19.6 Å². The topological polar surface area (TPSA) is 106 Å². The van der Waals surface area contributed by atoms with Gasteiger partial charge in [0.05, 0.1) is 0 Å². The van der Waals surface area contributed by atoms with Gasteiger partial charge in [-0.05, 0) is 37.0 Å². The molecule has 1 atom stereocenters. The Hall–Kier alpha value is -2.83. The Balaban J connectivity index is 2.18. The van der Waals surface area contributed by atoms with Crippen LogP contribution in [0.4, 0.5) is 0 Å². The number of carboxylic acids is 1. The van der Waals surface area contributed by atoms with Crippen LogP contribution >= 0.6 is 0 Å². The molecule has 2 N–H and O–H groups in total. The number of carboxylic acid groups (broad SMARTS) is 1. The van der Waals surface area contributed by atoms with Gasteiger partial charge in [-0.25, -0.2) is 9.59 Å². The Labute approximate surface area is 151 Å². The maximum atomic E-state index is 12.0. The van der Waals surface area contributed by atoms with Crippen molar-refractivity contribution in [1.82, 2.24) is 5.32 Å². The van der Waals surface area contributed by atoms with E-state index in [0.29, 0.717) is 30.6 Å². The lowest BCUT2D eigenvalue weighted by Crippen LogP contribution is -2.42. The molecule has 0 saturated carbocycles. The van der Waals surface area contributed by atoms with E-state index in [2.05, 4.69) is 5.32 Å². The van der Waals surface area contributed by atoms with Crippen LogP contribution in [0.5, 0.6) is 5.75 Å². The van der Waals surface area contributed by atoms with E-state index in [1.807, 2.05) is 26.8 Å². The van der Waals surface area contributed by atoms with E-state index in [4.69, 9.17) is 14.3 Å². The van der Waals surface area contributed by atoms with Gasteiger partial charge in [-0.2, -0.15) is 0 Å². The summed E-state index contributed by atoms with van der Waals surface area (Å²) in [5.41, 5.74) is 1.61. The number of benzene rings is 1. The molecule has 2 aromatic rings. The van der Waals surface area contributed by atoms with Gasteiger partial charge in [-0.1, -0.05) is 20.3 Å². The first-order chi connectivity index (χ1) is 12.3. The molecule has 1 aromatic carbocycles. The second-order valence-corrected chi connectivity index (χ2v) is 6.09. The number of ether oxygens (including phenoxy) is 1. The minimum atomic E-state index is -1.07. The van der Waals surface area contributed by atoms with Crippen LogP contribution in [0.2, 0.25) is 0 Å². The number of hydrogen-bond acceptors (Lipinski definition) is 5. The van der Waals surface area contributed by atoms with Crippen molar-refractivity contribution in [3.05, 3.63) is 39.7 Å². The van der Waals surface area contributed by atoms with Crippen LogP contribution in [0.15, 0.2) is 27.4 Å². The Kier molecular flexibility index (Phi) is 6.38. The lowest BCUT2D eigenvalue weighted by molar-refractivity contribution is -0.142. The van der Waals surface area contributed by atoms with Crippen molar-refractivity contribution in [2.75, 3.05) is 6.61 Å². The Morgan fingerprint density at radius 2 is 2.00 bits per heavy atom. The summed E-state index contributed by atoms with van der Waals surface area (Å²) in [6.45, 7) is 5.30. The summed E-state index contributed by atoms with van der Waals surface area (Å²) in [7, 11) is 0. The number of aryl methyl sites for hydroxylation is 2. The highest BCUT2D eigenvalue weighted by atomic mass is 16.5. The highest BCUT2D eigenvalue weighted by molar-refractivity contribution is 5.85. The molecule has 0 bridgehead atoms. The van der Waals surface area contributed by atoms with Crippen molar-refractivity contribution in [3.63, 3.8) is 0 Å².